The Bertz CT molecular complexity index is 567. The van der Waals surface area contributed by atoms with Crippen LogP contribution in [-0.2, 0) is 0 Å². The summed E-state index contributed by atoms with van der Waals surface area (Å²) in [4.78, 5) is 0. The second-order valence-electron chi connectivity index (χ2n) is 3.73. The molecule has 1 atom stereocenters. The molecule has 2 aromatic carbocycles. The summed E-state index contributed by atoms with van der Waals surface area (Å²) in [6, 6.07) is 8.83. The molecule has 0 aliphatic heterocycles. The van der Waals surface area contributed by atoms with E-state index in [2.05, 4.69) is 31.9 Å². The van der Waals surface area contributed by atoms with Gasteiger partial charge in [-0.15, -0.1) is 11.6 Å². The van der Waals surface area contributed by atoms with Gasteiger partial charge in [-0.2, -0.15) is 0 Å². The molecule has 18 heavy (non-hydrogen) atoms. The predicted molar refractivity (Wildman–Crippen MR) is 75.9 cm³/mol. The lowest BCUT2D eigenvalue weighted by Gasteiger charge is -2.12. The Hall–Kier alpha value is -0.450. The number of halogens is 5. The van der Waals surface area contributed by atoms with Crippen LogP contribution in [0.2, 0.25) is 0 Å². The fourth-order valence-electron chi connectivity index (χ4n) is 1.61. The van der Waals surface area contributed by atoms with E-state index in [1.165, 1.54) is 12.1 Å². The molecule has 2 rings (SSSR count). The average molecular weight is 396 g/mol. The smallest absolute Gasteiger partial charge is 0.131 e. The molecule has 5 heteroatoms. The third kappa shape index (κ3) is 3.11. The Morgan fingerprint density at radius 3 is 2.11 bits per heavy atom. The minimum Gasteiger partial charge on any atom is -0.207 e. The fraction of sp³-hybridized carbons (Fsp3) is 0.0769. The van der Waals surface area contributed by atoms with Crippen molar-refractivity contribution in [3.63, 3.8) is 0 Å². The predicted octanol–water partition coefficient (Wildman–Crippen LogP) is 5.82. The molecule has 0 aliphatic rings. The van der Waals surface area contributed by atoms with Crippen LogP contribution in [-0.4, -0.2) is 0 Å². The maximum atomic E-state index is 13.6. The maximum Gasteiger partial charge on any atom is 0.131 e. The third-order valence-electron chi connectivity index (χ3n) is 2.41. The monoisotopic (exact) mass is 394 g/mol. The first-order valence-electron chi connectivity index (χ1n) is 5.02. The molecule has 0 aliphatic carbocycles. The fourth-order valence-corrected chi connectivity index (χ4v) is 3.24. The lowest BCUT2D eigenvalue weighted by atomic mass is 10.0. The largest absolute Gasteiger partial charge is 0.207 e. The molecule has 0 saturated heterocycles. The molecule has 1 unspecified atom stereocenters. The molecule has 0 nitrogen and oxygen atoms in total. The van der Waals surface area contributed by atoms with Gasteiger partial charge in [0, 0.05) is 20.6 Å². The highest BCUT2D eigenvalue weighted by atomic mass is 79.9. The van der Waals surface area contributed by atoms with Crippen LogP contribution in [0.15, 0.2) is 45.3 Å². The normalized spacial score (nSPS) is 12.5. The van der Waals surface area contributed by atoms with E-state index in [0.717, 1.165) is 20.6 Å². The zero-order valence-corrected chi connectivity index (χ0v) is 12.9. The first kappa shape index (κ1) is 14.0. The van der Waals surface area contributed by atoms with Gasteiger partial charge >= 0.3 is 0 Å². The Morgan fingerprint density at radius 1 is 0.944 bits per heavy atom. The summed E-state index contributed by atoms with van der Waals surface area (Å²) in [7, 11) is 0. The van der Waals surface area contributed by atoms with Gasteiger partial charge in [-0.25, -0.2) is 8.78 Å². The van der Waals surface area contributed by atoms with Gasteiger partial charge in [-0.3, -0.25) is 0 Å². The molecule has 0 fully saturated rings. The van der Waals surface area contributed by atoms with Crippen molar-refractivity contribution in [2.45, 2.75) is 5.38 Å². The van der Waals surface area contributed by atoms with Crippen LogP contribution in [0.5, 0.6) is 0 Å². The highest BCUT2D eigenvalue weighted by molar-refractivity contribution is 9.11. The van der Waals surface area contributed by atoms with Crippen LogP contribution in [0.1, 0.15) is 16.5 Å². The van der Waals surface area contributed by atoms with Crippen molar-refractivity contribution in [3.8, 4) is 0 Å². The number of hydrogen-bond acceptors (Lipinski definition) is 0. The topological polar surface area (TPSA) is 0 Å². The first-order valence-corrected chi connectivity index (χ1v) is 7.04. The SMILES string of the molecule is Fc1ccc(C(Cl)c2cc(Br)cc(Br)c2)c(F)c1. The Balaban J connectivity index is 2.44. The molecule has 94 valence electrons. The van der Waals surface area contributed by atoms with Gasteiger partial charge in [-0.1, -0.05) is 37.9 Å². The zero-order valence-electron chi connectivity index (χ0n) is 8.93. The van der Waals surface area contributed by atoms with Crippen molar-refractivity contribution >= 4 is 43.5 Å². The van der Waals surface area contributed by atoms with Gasteiger partial charge in [0.25, 0.3) is 0 Å². The number of hydrogen-bond donors (Lipinski definition) is 0. The van der Waals surface area contributed by atoms with E-state index in [9.17, 15) is 8.78 Å². The second kappa shape index (κ2) is 5.68. The average Bonchev–Trinajstić information content (AvgIpc) is 2.26. The molecule has 0 N–H and O–H groups in total. The van der Waals surface area contributed by atoms with Crippen LogP contribution in [0, 0.1) is 11.6 Å². The summed E-state index contributed by atoms with van der Waals surface area (Å²) in [5, 5.41) is -0.667. The molecule has 0 amide bonds. The summed E-state index contributed by atoms with van der Waals surface area (Å²) in [6.07, 6.45) is 0. The molecule has 0 saturated carbocycles. The number of alkyl halides is 1. The van der Waals surface area contributed by atoms with Gasteiger partial charge in [0.2, 0.25) is 0 Å². The molecule has 0 aromatic heterocycles. The second-order valence-corrected chi connectivity index (χ2v) is 6.00. The van der Waals surface area contributed by atoms with Crippen LogP contribution >= 0.6 is 43.5 Å². The lowest BCUT2D eigenvalue weighted by molar-refractivity contribution is 0.573. The van der Waals surface area contributed by atoms with Gasteiger partial charge < -0.3 is 0 Å². The van der Waals surface area contributed by atoms with Crippen LogP contribution in [0.25, 0.3) is 0 Å². The maximum absolute atomic E-state index is 13.6. The molecule has 0 heterocycles. The van der Waals surface area contributed by atoms with Gasteiger partial charge in [0.05, 0.1) is 5.38 Å². The highest BCUT2D eigenvalue weighted by Crippen LogP contribution is 2.34. The Labute approximate surface area is 125 Å². The standard InChI is InChI=1S/C13H7Br2ClF2/c14-8-3-7(4-9(15)5-8)13(16)11-2-1-10(17)6-12(11)18/h1-6,13H. The molecular weight excluding hydrogens is 389 g/mol. The van der Waals surface area contributed by atoms with E-state index in [-0.39, 0.29) is 5.56 Å². The molecule has 2 aromatic rings. The molecule has 0 bridgehead atoms. The van der Waals surface area contributed by atoms with E-state index in [0.29, 0.717) is 0 Å². The summed E-state index contributed by atoms with van der Waals surface area (Å²) in [5.74, 6) is -1.26. The quantitative estimate of drug-likeness (QED) is 0.561. The van der Waals surface area contributed by atoms with Crippen molar-refractivity contribution < 1.29 is 8.78 Å². The lowest BCUT2D eigenvalue weighted by Crippen LogP contribution is -1.98. The van der Waals surface area contributed by atoms with E-state index in [1.807, 2.05) is 6.07 Å². The van der Waals surface area contributed by atoms with Crippen molar-refractivity contribution in [1.82, 2.24) is 0 Å². The summed E-state index contributed by atoms with van der Waals surface area (Å²) in [5.41, 5.74) is 0.978. The van der Waals surface area contributed by atoms with E-state index in [4.69, 9.17) is 11.6 Å². The highest BCUT2D eigenvalue weighted by Gasteiger charge is 2.16. The Morgan fingerprint density at radius 2 is 1.56 bits per heavy atom. The van der Waals surface area contributed by atoms with E-state index in [1.54, 1.807) is 12.1 Å². The zero-order chi connectivity index (χ0) is 13.3. The Kier molecular flexibility index (Phi) is 4.41. The minimum atomic E-state index is -0.667. The van der Waals surface area contributed by atoms with Crippen LogP contribution in [0.3, 0.4) is 0 Å². The van der Waals surface area contributed by atoms with Crippen molar-refractivity contribution in [1.29, 1.82) is 0 Å². The molecule has 0 radical (unpaired) electrons. The van der Waals surface area contributed by atoms with E-state index < -0.39 is 17.0 Å². The van der Waals surface area contributed by atoms with Crippen LogP contribution in [0.4, 0.5) is 8.78 Å². The summed E-state index contributed by atoms with van der Waals surface area (Å²) in [6.45, 7) is 0. The first-order chi connectivity index (χ1) is 8.47. The minimum absolute atomic E-state index is 0.253. The summed E-state index contributed by atoms with van der Waals surface area (Å²) < 4.78 is 28.2. The van der Waals surface area contributed by atoms with Gasteiger partial charge in [0.15, 0.2) is 0 Å². The summed E-state index contributed by atoms with van der Waals surface area (Å²) >= 11 is 12.9. The van der Waals surface area contributed by atoms with Crippen LogP contribution < -0.4 is 0 Å². The van der Waals surface area contributed by atoms with Gasteiger partial charge in [-0.05, 0) is 29.8 Å². The van der Waals surface area contributed by atoms with E-state index >= 15 is 0 Å². The van der Waals surface area contributed by atoms with Gasteiger partial charge in [0.1, 0.15) is 11.6 Å². The van der Waals surface area contributed by atoms with Crippen molar-refractivity contribution in [3.05, 3.63) is 68.1 Å². The molecule has 0 spiro atoms. The van der Waals surface area contributed by atoms with Crippen molar-refractivity contribution in [2.24, 2.45) is 0 Å². The van der Waals surface area contributed by atoms with Crippen molar-refractivity contribution in [2.75, 3.05) is 0 Å². The molecular formula is C13H7Br2ClF2. The number of rotatable bonds is 2. The number of benzene rings is 2. The third-order valence-corrected chi connectivity index (χ3v) is 3.82.